The van der Waals surface area contributed by atoms with Gasteiger partial charge < -0.3 is 4.90 Å². The van der Waals surface area contributed by atoms with Gasteiger partial charge in [0.05, 0.1) is 0 Å². The van der Waals surface area contributed by atoms with Gasteiger partial charge in [-0.1, -0.05) is 194 Å². The normalized spacial score (nSPS) is 11.2. The molecule has 0 aliphatic carbocycles. The SMILES string of the molecule is c1ccc(-c2c(-c3ccccc3)c(-c3ccccc3)c3c(-c4ccc5ccc(N(c6ccccc6)c6ccccc6)cc5c4)cccc3c2-c2ccccc2)cc1. The van der Waals surface area contributed by atoms with Crippen molar-refractivity contribution in [3.05, 3.63) is 237 Å². The van der Waals surface area contributed by atoms with Crippen molar-refractivity contribution in [2.75, 3.05) is 4.90 Å². The molecular formula is C56H39N. The molecule has 0 aliphatic heterocycles. The van der Waals surface area contributed by atoms with E-state index in [1.54, 1.807) is 0 Å². The van der Waals surface area contributed by atoms with E-state index in [9.17, 15) is 0 Å². The smallest absolute Gasteiger partial charge is 0.0468 e. The monoisotopic (exact) mass is 725 g/mol. The van der Waals surface area contributed by atoms with Crippen molar-refractivity contribution in [3.8, 4) is 55.6 Å². The fraction of sp³-hybridized carbons (Fsp3) is 0. The van der Waals surface area contributed by atoms with Gasteiger partial charge in [0.25, 0.3) is 0 Å². The lowest BCUT2D eigenvalue weighted by atomic mass is 9.77. The van der Waals surface area contributed by atoms with E-state index in [-0.39, 0.29) is 0 Å². The van der Waals surface area contributed by atoms with Crippen LogP contribution in [0.1, 0.15) is 0 Å². The highest BCUT2D eigenvalue weighted by Crippen LogP contribution is 2.53. The Morgan fingerprint density at radius 3 is 1.21 bits per heavy atom. The molecule has 0 bridgehead atoms. The topological polar surface area (TPSA) is 3.24 Å². The summed E-state index contributed by atoms with van der Waals surface area (Å²) >= 11 is 0. The van der Waals surface area contributed by atoms with Crippen LogP contribution in [-0.4, -0.2) is 0 Å². The Balaban J connectivity index is 1.30. The molecule has 57 heavy (non-hydrogen) atoms. The van der Waals surface area contributed by atoms with Crippen LogP contribution in [0.4, 0.5) is 17.1 Å². The molecule has 10 aromatic carbocycles. The van der Waals surface area contributed by atoms with Gasteiger partial charge in [0.1, 0.15) is 0 Å². The zero-order chi connectivity index (χ0) is 38.0. The van der Waals surface area contributed by atoms with Crippen molar-refractivity contribution >= 4 is 38.6 Å². The Kier molecular flexibility index (Phi) is 8.95. The van der Waals surface area contributed by atoms with Crippen molar-refractivity contribution in [3.63, 3.8) is 0 Å². The van der Waals surface area contributed by atoms with Crippen molar-refractivity contribution in [1.82, 2.24) is 0 Å². The summed E-state index contributed by atoms with van der Waals surface area (Å²) in [6.07, 6.45) is 0. The maximum absolute atomic E-state index is 2.38. The minimum atomic E-state index is 1.12. The molecule has 0 aromatic heterocycles. The van der Waals surface area contributed by atoms with E-state index in [1.807, 2.05) is 0 Å². The quantitative estimate of drug-likeness (QED) is 0.151. The predicted molar refractivity (Wildman–Crippen MR) is 243 cm³/mol. The number of fused-ring (bicyclic) bond motifs is 2. The molecule has 268 valence electrons. The first-order chi connectivity index (χ1) is 28.3. The molecule has 0 saturated heterocycles. The molecule has 0 N–H and O–H groups in total. The largest absolute Gasteiger partial charge is 0.310 e. The second-order valence-corrected chi connectivity index (χ2v) is 14.4. The average Bonchev–Trinajstić information content (AvgIpc) is 3.29. The third-order valence-electron chi connectivity index (χ3n) is 11.0. The molecule has 0 atom stereocenters. The summed E-state index contributed by atoms with van der Waals surface area (Å²) in [5.74, 6) is 0. The minimum absolute atomic E-state index is 1.12. The lowest BCUT2D eigenvalue weighted by molar-refractivity contribution is 1.29. The summed E-state index contributed by atoms with van der Waals surface area (Å²) in [7, 11) is 0. The van der Waals surface area contributed by atoms with E-state index in [1.165, 1.54) is 77.2 Å². The lowest BCUT2D eigenvalue weighted by Crippen LogP contribution is -2.09. The van der Waals surface area contributed by atoms with Crippen LogP contribution in [0.2, 0.25) is 0 Å². The maximum atomic E-state index is 2.38. The van der Waals surface area contributed by atoms with Crippen LogP contribution in [0.25, 0.3) is 77.2 Å². The van der Waals surface area contributed by atoms with Crippen LogP contribution < -0.4 is 4.90 Å². The van der Waals surface area contributed by atoms with Crippen LogP contribution in [0.3, 0.4) is 0 Å². The molecule has 0 unspecified atom stereocenters. The number of benzene rings is 10. The standard InChI is InChI=1S/C56H39N/c1-7-20-41(21-8-1)52-51-33-19-32-50(45-35-34-40-36-37-49(39-46(40)38-45)57(47-28-15-5-16-29-47)48-30-17-6-18-31-48)56(51)55(44-26-13-4-14-27-44)54(43-24-11-3-12-25-43)53(52)42-22-9-2-10-23-42/h1-39H. The molecular weight excluding hydrogens is 687 g/mol. The highest BCUT2D eigenvalue weighted by molar-refractivity contribution is 6.22. The van der Waals surface area contributed by atoms with E-state index in [0.717, 1.165) is 17.1 Å². The highest BCUT2D eigenvalue weighted by Gasteiger charge is 2.25. The van der Waals surface area contributed by atoms with Gasteiger partial charge in [0.2, 0.25) is 0 Å². The molecule has 0 fully saturated rings. The summed E-state index contributed by atoms with van der Waals surface area (Å²) in [6, 6.07) is 85.7. The predicted octanol–water partition coefficient (Wildman–Crippen LogP) is 15.8. The number of hydrogen-bond donors (Lipinski definition) is 0. The number of anilines is 3. The van der Waals surface area contributed by atoms with Gasteiger partial charge in [-0.3, -0.25) is 0 Å². The van der Waals surface area contributed by atoms with Crippen LogP contribution in [-0.2, 0) is 0 Å². The first-order valence-electron chi connectivity index (χ1n) is 19.6. The summed E-state index contributed by atoms with van der Waals surface area (Å²) in [5.41, 5.74) is 15.5. The van der Waals surface area contributed by atoms with Crippen LogP contribution in [0, 0.1) is 0 Å². The van der Waals surface area contributed by atoms with Gasteiger partial charge in [-0.05, 0) is 120 Å². The Bertz CT molecular complexity index is 2920. The Labute approximate surface area is 334 Å². The summed E-state index contributed by atoms with van der Waals surface area (Å²) in [6.45, 7) is 0. The Morgan fingerprint density at radius 1 is 0.246 bits per heavy atom. The van der Waals surface area contributed by atoms with E-state index in [0.29, 0.717) is 0 Å². The molecule has 0 saturated carbocycles. The molecule has 0 spiro atoms. The highest BCUT2D eigenvalue weighted by atomic mass is 15.1. The zero-order valence-electron chi connectivity index (χ0n) is 31.5. The van der Waals surface area contributed by atoms with Gasteiger partial charge in [-0.25, -0.2) is 0 Å². The Morgan fingerprint density at radius 2 is 0.684 bits per heavy atom. The fourth-order valence-electron chi connectivity index (χ4n) is 8.51. The number of hydrogen-bond acceptors (Lipinski definition) is 1. The number of nitrogens with zero attached hydrogens (tertiary/aromatic N) is 1. The second-order valence-electron chi connectivity index (χ2n) is 14.4. The van der Waals surface area contributed by atoms with Gasteiger partial charge in [-0.2, -0.15) is 0 Å². The zero-order valence-corrected chi connectivity index (χ0v) is 31.5. The average molecular weight is 726 g/mol. The first kappa shape index (κ1) is 34.0. The van der Waals surface area contributed by atoms with Crippen molar-refractivity contribution in [1.29, 1.82) is 0 Å². The fourth-order valence-corrected chi connectivity index (χ4v) is 8.51. The van der Waals surface area contributed by atoms with Gasteiger partial charge in [0.15, 0.2) is 0 Å². The van der Waals surface area contributed by atoms with Crippen molar-refractivity contribution in [2.45, 2.75) is 0 Å². The first-order valence-corrected chi connectivity index (χ1v) is 19.6. The van der Waals surface area contributed by atoms with E-state index >= 15 is 0 Å². The molecule has 1 nitrogen and oxygen atoms in total. The molecule has 0 heterocycles. The summed E-state index contributed by atoms with van der Waals surface area (Å²) < 4.78 is 0. The lowest BCUT2D eigenvalue weighted by Gasteiger charge is -2.26. The maximum Gasteiger partial charge on any atom is 0.0468 e. The number of para-hydroxylation sites is 2. The molecule has 10 rings (SSSR count). The Hall–Kier alpha value is -7.48. The molecule has 0 aliphatic rings. The third-order valence-corrected chi connectivity index (χ3v) is 11.0. The third kappa shape index (κ3) is 6.36. The molecule has 1 heteroatoms. The van der Waals surface area contributed by atoms with Crippen LogP contribution >= 0.6 is 0 Å². The second kappa shape index (κ2) is 15.0. The number of rotatable bonds is 8. The summed E-state index contributed by atoms with van der Waals surface area (Å²) in [5, 5.41) is 4.86. The van der Waals surface area contributed by atoms with E-state index in [4.69, 9.17) is 0 Å². The van der Waals surface area contributed by atoms with Crippen molar-refractivity contribution in [2.24, 2.45) is 0 Å². The summed E-state index contributed by atoms with van der Waals surface area (Å²) in [4.78, 5) is 2.33. The van der Waals surface area contributed by atoms with Gasteiger partial charge in [-0.15, -0.1) is 0 Å². The minimum Gasteiger partial charge on any atom is -0.310 e. The molecule has 0 radical (unpaired) electrons. The van der Waals surface area contributed by atoms with Gasteiger partial charge >= 0.3 is 0 Å². The van der Waals surface area contributed by atoms with Crippen molar-refractivity contribution < 1.29 is 0 Å². The van der Waals surface area contributed by atoms with Crippen LogP contribution in [0.5, 0.6) is 0 Å². The van der Waals surface area contributed by atoms with Crippen LogP contribution in [0.15, 0.2) is 237 Å². The van der Waals surface area contributed by atoms with E-state index < -0.39 is 0 Å². The van der Waals surface area contributed by atoms with E-state index in [2.05, 4.69) is 241 Å². The molecule has 10 aromatic rings. The molecule has 0 amide bonds. The van der Waals surface area contributed by atoms with Gasteiger partial charge in [0, 0.05) is 17.1 Å².